The van der Waals surface area contributed by atoms with Crippen molar-refractivity contribution in [3.63, 3.8) is 0 Å². The van der Waals surface area contributed by atoms with Gasteiger partial charge < -0.3 is 10.5 Å². The smallest absolute Gasteiger partial charge is 0.225 e. The molecule has 0 bridgehead atoms. The molecular weight excluding hydrogens is 226 g/mol. The van der Waals surface area contributed by atoms with Gasteiger partial charge in [0.05, 0.1) is 5.56 Å². The Balaban J connectivity index is 2.21. The van der Waals surface area contributed by atoms with E-state index in [1.165, 1.54) is 19.3 Å². The highest BCUT2D eigenvalue weighted by Crippen LogP contribution is 2.28. The number of rotatable bonds is 3. The summed E-state index contributed by atoms with van der Waals surface area (Å²) in [6.45, 7) is 4.13. The van der Waals surface area contributed by atoms with Crippen LogP contribution in [0.2, 0.25) is 0 Å². The molecule has 4 nitrogen and oxygen atoms in total. The zero-order valence-corrected chi connectivity index (χ0v) is 11.1. The lowest BCUT2D eigenvalue weighted by Crippen LogP contribution is -2.29. The Labute approximate surface area is 108 Å². The highest BCUT2D eigenvalue weighted by Gasteiger charge is 2.24. The molecular formula is C14H21N3O. The summed E-state index contributed by atoms with van der Waals surface area (Å²) in [6.07, 6.45) is 4.95. The highest BCUT2D eigenvalue weighted by molar-refractivity contribution is 5.97. The maximum atomic E-state index is 7.57. The largest absolute Gasteiger partial charge is 0.474 e. The van der Waals surface area contributed by atoms with Gasteiger partial charge in [0.2, 0.25) is 5.88 Å². The standard InChI is InChI=1S/C14H21N3O/c1-9-5-3-4-6-12(9)18-14-11(13(15)16)8-7-10(2)17-14/h7-9,12H,3-6H2,1-2H3,(H3,15,16). The van der Waals surface area contributed by atoms with Crippen LogP contribution < -0.4 is 10.5 Å². The Bertz CT molecular complexity index is 445. The number of ether oxygens (including phenoxy) is 1. The molecule has 0 spiro atoms. The molecule has 2 atom stereocenters. The van der Waals surface area contributed by atoms with Crippen LogP contribution in [0, 0.1) is 18.3 Å². The SMILES string of the molecule is Cc1ccc(C(=N)N)c(OC2CCCCC2C)n1. The van der Waals surface area contributed by atoms with Gasteiger partial charge in [0.25, 0.3) is 0 Å². The molecule has 1 heterocycles. The lowest BCUT2D eigenvalue weighted by molar-refractivity contribution is 0.0972. The zero-order valence-electron chi connectivity index (χ0n) is 11.1. The Morgan fingerprint density at radius 1 is 1.39 bits per heavy atom. The van der Waals surface area contributed by atoms with E-state index in [1.54, 1.807) is 0 Å². The van der Waals surface area contributed by atoms with E-state index in [2.05, 4.69) is 11.9 Å². The first kappa shape index (κ1) is 12.9. The number of hydrogen-bond donors (Lipinski definition) is 2. The minimum absolute atomic E-state index is 0.0148. The van der Waals surface area contributed by atoms with Crippen molar-refractivity contribution in [1.82, 2.24) is 4.98 Å². The van der Waals surface area contributed by atoms with Gasteiger partial charge >= 0.3 is 0 Å². The van der Waals surface area contributed by atoms with E-state index in [4.69, 9.17) is 15.9 Å². The third-order valence-electron chi connectivity index (χ3n) is 3.59. The number of nitrogen functional groups attached to an aromatic ring is 1. The molecule has 1 aromatic heterocycles. The van der Waals surface area contributed by atoms with Crippen molar-refractivity contribution in [3.8, 4) is 5.88 Å². The third kappa shape index (κ3) is 2.81. The van der Waals surface area contributed by atoms with Crippen molar-refractivity contribution < 1.29 is 4.74 Å². The molecule has 1 fully saturated rings. The second kappa shape index (κ2) is 5.38. The van der Waals surface area contributed by atoms with Gasteiger partial charge in [0.15, 0.2) is 0 Å². The molecule has 0 aromatic carbocycles. The second-order valence-corrected chi connectivity index (χ2v) is 5.14. The molecule has 0 aliphatic heterocycles. The number of aryl methyl sites for hydroxylation is 1. The fourth-order valence-electron chi connectivity index (χ4n) is 2.43. The normalized spacial score (nSPS) is 23.7. The molecule has 2 unspecified atom stereocenters. The van der Waals surface area contributed by atoms with Crippen LogP contribution in [0.5, 0.6) is 5.88 Å². The number of nitrogens with two attached hydrogens (primary N) is 1. The van der Waals surface area contributed by atoms with Crippen LogP contribution in [0.25, 0.3) is 0 Å². The lowest BCUT2D eigenvalue weighted by Gasteiger charge is -2.29. The van der Waals surface area contributed by atoms with E-state index in [0.717, 1.165) is 12.1 Å². The first-order valence-corrected chi connectivity index (χ1v) is 6.56. The fraction of sp³-hybridized carbons (Fsp3) is 0.571. The Morgan fingerprint density at radius 3 is 2.78 bits per heavy atom. The van der Waals surface area contributed by atoms with Crippen LogP contribution in [-0.4, -0.2) is 16.9 Å². The summed E-state index contributed by atoms with van der Waals surface area (Å²) in [5.74, 6) is 1.07. The summed E-state index contributed by atoms with van der Waals surface area (Å²) in [7, 11) is 0. The molecule has 4 heteroatoms. The zero-order chi connectivity index (χ0) is 13.1. The van der Waals surface area contributed by atoms with E-state index in [0.29, 0.717) is 17.4 Å². The number of aromatic nitrogens is 1. The Morgan fingerprint density at radius 2 is 2.11 bits per heavy atom. The summed E-state index contributed by atoms with van der Waals surface area (Å²) in [5.41, 5.74) is 7.05. The van der Waals surface area contributed by atoms with Crippen LogP contribution in [-0.2, 0) is 0 Å². The van der Waals surface area contributed by atoms with Crippen molar-refractivity contribution in [2.75, 3.05) is 0 Å². The van der Waals surface area contributed by atoms with Crippen molar-refractivity contribution in [1.29, 1.82) is 5.41 Å². The minimum atomic E-state index is 0.0148. The Kier molecular flexibility index (Phi) is 3.84. The van der Waals surface area contributed by atoms with Gasteiger partial charge in [0, 0.05) is 5.69 Å². The van der Waals surface area contributed by atoms with E-state index >= 15 is 0 Å². The lowest BCUT2D eigenvalue weighted by atomic mass is 9.88. The molecule has 0 radical (unpaired) electrons. The van der Waals surface area contributed by atoms with Gasteiger partial charge in [0.1, 0.15) is 11.9 Å². The third-order valence-corrected chi connectivity index (χ3v) is 3.59. The summed E-state index contributed by atoms with van der Waals surface area (Å²) in [6, 6.07) is 3.67. The molecule has 1 aliphatic carbocycles. The van der Waals surface area contributed by atoms with Gasteiger partial charge in [-0.3, -0.25) is 5.41 Å². The first-order valence-electron chi connectivity index (χ1n) is 6.56. The molecule has 2 rings (SSSR count). The summed E-state index contributed by atoms with van der Waals surface area (Å²) in [5, 5.41) is 7.57. The van der Waals surface area contributed by atoms with Crippen molar-refractivity contribution >= 4 is 5.84 Å². The maximum absolute atomic E-state index is 7.57. The maximum Gasteiger partial charge on any atom is 0.225 e. The van der Waals surface area contributed by atoms with Crippen LogP contribution in [0.1, 0.15) is 43.9 Å². The number of amidine groups is 1. The van der Waals surface area contributed by atoms with Crippen molar-refractivity contribution in [2.45, 2.75) is 45.6 Å². The van der Waals surface area contributed by atoms with E-state index in [-0.39, 0.29) is 11.9 Å². The molecule has 1 saturated carbocycles. The molecule has 0 saturated heterocycles. The first-order chi connectivity index (χ1) is 8.58. The van der Waals surface area contributed by atoms with E-state index in [9.17, 15) is 0 Å². The minimum Gasteiger partial charge on any atom is -0.474 e. The summed E-state index contributed by atoms with van der Waals surface area (Å²) in [4.78, 5) is 4.38. The number of nitrogens with one attached hydrogen (secondary N) is 1. The van der Waals surface area contributed by atoms with Crippen LogP contribution >= 0.6 is 0 Å². The highest BCUT2D eigenvalue weighted by atomic mass is 16.5. The van der Waals surface area contributed by atoms with Gasteiger partial charge in [-0.1, -0.05) is 13.3 Å². The Hall–Kier alpha value is -1.58. The molecule has 1 aromatic rings. The molecule has 18 heavy (non-hydrogen) atoms. The van der Waals surface area contributed by atoms with Gasteiger partial charge in [-0.05, 0) is 44.2 Å². The average Bonchev–Trinajstić information content (AvgIpc) is 2.32. The van der Waals surface area contributed by atoms with Crippen molar-refractivity contribution in [3.05, 3.63) is 23.4 Å². The topological polar surface area (TPSA) is 72.0 Å². The van der Waals surface area contributed by atoms with E-state index in [1.807, 2.05) is 19.1 Å². The molecule has 3 N–H and O–H groups in total. The fourth-order valence-corrected chi connectivity index (χ4v) is 2.43. The van der Waals surface area contributed by atoms with Gasteiger partial charge in [-0.25, -0.2) is 4.98 Å². The van der Waals surface area contributed by atoms with Crippen LogP contribution in [0.4, 0.5) is 0 Å². The summed E-state index contributed by atoms with van der Waals surface area (Å²) >= 11 is 0. The summed E-state index contributed by atoms with van der Waals surface area (Å²) < 4.78 is 6.01. The number of pyridine rings is 1. The van der Waals surface area contributed by atoms with Crippen LogP contribution in [0.15, 0.2) is 12.1 Å². The number of nitrogens with zero attached hydrogens (tertiary/aromatic N) is 1. The molecule has 98 valence electrons. The van der Waals surface area contributed by atoms with E-state index < -0.39 is 0 Å². The molecule has 1 aliphatic rings. The van der Waals surface area contributed by atoms with Crippen molar-refractivity contribution in [2.24, 2.45) is 11.7 Å². The average molecular weight is 247 g/mol. The van der Waals surface area contributed by atoms with Gasteiger partial charge in [-0.15, -0.1) is 0 Å². The van der Waals surface area contributed by atoms with Gasteiger partial charge in [-0.2, -0.15) is 0 Å². The number of hydrogen-bond acceptors (Lipinski definition) is 3. The van der Waals surface area contributed by atoms with Crippen LogP contribution in [0.3, 0.4) is 0 Å². The predicted octanol–water partition coefficient (Wildman–Crippen LogP) is 2.63. The predicted molar refractivity (Wildman–Crippen MR) is 72.0 cm³/mol. The molecule has 0 amide bonds. The quantitative estimate of drug-likeness (QED) is 0.637. The monoisotopic (exact) mass is 247 g/mol. The second-order valence-electron chi connectivity index (χ2n) is 5.14.